The maximum Gasteiger partial charge on any atom is 0.236 e. The summed E-state index contributed by atoms with van der Waals surface area (Å²) in [5.41, 5.74) is 8.40. The van der Waals surface area contributed by atoms with Crippen molar-refractivity contribution >= 4 is 23.5 Å². The third-order valence-electron chi connectivity index (χ3n) is 5.65. The molecule has 1 aromatic carbocycles. The number of carbonyl (C=O) groups excluding carboxylic acids is 1. The summed E-state index contributed by atoms with van der Waals surface area (Å²) < 4.78 is 5.97. The van der Waals surface area contributed by atoms with Crippen LogP contribution in [0.1, 0.15) is 18.4 Å². The van der Waals surface area contributed by atoms with Gasteiger partial charge in [-0.3, -0.25) is 4.79 Å². The minimum atomic E-state index is -0.0922. The first-order chi connectivity index (χ1) is 16.0. The Morgan fingerprint density at radius 3 is 2.61 bits per heavy atom. The maximum atomic E-state index is 11.7. The number of likely N-dealkylation sites (N-methyl/N-ethyl adjacent to an activating group) is 1. The minimum Gasteiger partial charge on any atom is -0.473 e. The molecule has 1 saturated heterocycles. The van der Waals surface area contributed by atoms with E-state index in [1.165, 1.54) is 0 Å². The fourth-order valence-corrected chi connectivity index (χ4v) is 3.96. The zero-order chi connectivity index (χ0) is 23.2. The molecule has 3 aromatic rings. The molecule has 2 N–H and O–H groups in total. The molecule has 1 aliphatic rings. The van der Waals surface area contributed by atoms with Gasteiger partial charge in [-0.2, -0.15) is 0 Å². The molecule has 0 unspecified atom stereocenters. The molecule has 9 heteroatoms. The van der Waals surface area contributed by atoms with E-state index in [0.717, 1.165) is 42.6 Å². The van der Waals surface area contributed by atoms with E-state index in [1.54, 1.807) is 30.3 Å². The number of pyridine rings is 1. The van der Waals surface area contributed by atoms with Gasteiger partial charge in [-0.15, -0.1) is 0 Å². The number of hydrogen-bond donors (Lipinski definition) is 1. The van der Waals surface area contributed by atoms with Crippen LogP contribution < -0.4 is 15.4 Å². The van der Waals surface area contributed by atoms with Gasteiger partial charge in [0, 0.05) is 63.7 Å². The second-order valence-electron chi connectivity index (χ2n) is 8.02. The van der Waals surface area contributed by atoms with Gasteiger partial charge in [0.2, 0.25) is 17.7 Å². The smallest absolute Gasteiger partial charge is 0.236 e. The van der Waals surface area contributed by atoms with E-state index in [1.807, 2.05) is 36.7 Å². The van der Waals surface area contributed by atoms with Crippen LogP contribution in [0, 0.1) is 0 Å². The van der Waals surface area contributed by atoms with E-state index in [0.29, 0.717) is 23.4 Å². The highest BCUT2D eigenvalue weighted by Gasteiger charge is 2.23. The lowest BCUT2D eigenvalue weighted by molar-refractivity contribution is -0.128. The SMILES string of the molecule is CN(Cc1cccc(-c2cnc(N3CCC(Oc4ncccc4Cl)CC3)nc2)c1)C(=O)CN. The molecule has 0 bridgehead atoms. The summed E-state index contributed by atoms with van der Waals surface area (Å²) in [5.74, 6) is 1.10. The van der Waals surface area contributed by atoms with Gasteiger partial charge in [-0.1, -0.05) is 29.8 Å². The lowest BCUT2D eigenvalue weighted by atomic mass is 10.1. The summed E-state index contributed by atoms with van der Waals surface area (Å²) >= 11 is 6.15. The van der Waals surface area contributed by atoms with Crippen molar-refractivity contribution in [1.29, 1.82) is 0 Å². The van der Waals surface area contributed by atoms with Gasteiger partial charge in [0.15, 0.2) is 0 Å². The molecule has 3 heterocycles. The lowest BCUT2D eigenvalue weighted by Crippen LogP contribution is -2.39. The number of rotatable bonds is 7. The van der Waals surface area contributed by atoms with Crippen molar-refractivity contribution in [2.45, 2.75) is 25.5 Å². The van der Waals surface area contributed by atoms with E-state index >= 15 is 0 Å². The van der Waals surface area contributed by atoms with Crippen molar-refractivity contribution in [1.82, 2.24) is 19.9 Å². The third kappa shape index (κ3) is 5.77. The minimum absolute atomic E-state index is 0.00571. The molecule has 0 saturated carbocycles. The molecular formula is C24H27ClN6O2. The second-order valence-corrected chi connectivity index (χ2v) is 8.43. The largest absolute Gasteiger partial charge is 0.473 e. The molecule has 33 heavy (non-hydrogen) atoms. The number of nitrogens with two attached hydrogens (primary N) is 1. The summed E-state index contributed by atoms with van der Waals surface area (Å²) in [6.45, 7) is 2.10. The Labute approximate surface area is 198 Å². The van der Waals surface area contributed by atoms with E-state index in [4.69, 9.17) is 22.1 Å². The maximum absolute atomic E-state index is 11.7. The first-order valence-corrected chi connectivity index (χ1v) is 11.3. The highest BCUT2D eigenvalue weighted by atomic mass is 35.5. The number of ether oxygens (including phenoxy) is 1. The summed E-state index contributed by atoms with van der Waals surface area (Å²) in [5, 5.41) is 0.528. The Hall–Kier alpha value is -3.23. The Balaban J connectivity index is 1.36. The topological polar surface area (TPSA) is 97.5 Å². The van der Waals surface area contributed by atoms with Gasteiger partial charge in [0.05, 0.1) is 6.54 Å². The van der Waals surface area contributed by atoms with Gasteiger partial charge in [-0.05, 0) is 29.3 Å². The quantitative estimate of drug-likeness (QED) is 0.571. The molecule has 0 radical (unpaired) electrons. The summed E-state index contributed by atoms with van der Waals surface area (Å²) in [6.07, 6.45) is 7.11. The van der Waals surface area contributed by atoms with Gasteiger partial charge < -0.3 is 20.3 Å². The molecule has 4 rings (SSSR count). The van der Waals surface area contributed by atoms with Crippen LogP contribution in [0.5, 0.6) is 5.88 Å². The van der Waals surface area contributed by atoms with E-state index in [2.05, 4.69) is 19.9 Å². The zero-order valence-corrected chi connectivity index (χ0v) is 19.3. The van der Waals surface area contributed by atoms with Gasteiger partial charge in [0.25, 0.3) is 0 Å². The number of amides is 1. The summed E-state index contributed by atoms with van der Waals surface area (Å²) in [4.78, 5) is 28.9. The Bertz CT molecular complexity index is 1090. The van der Waals surface area contributed by atoms with Crippen LogP contribution in [0.3, 0.4) is 0 Å². The highest BCUT2D eigenvalue weighted by molar-refractivity contribution is 6.31. The van der Waals surface area contributed by atoms with Crippen LogP contribution in [0.25, 0.3) is 11.1 Å². The number of anilines is 1. The number of benzene rings is 1. The highest BCUT2D eigenvalue weighted by Crippen LogP contribution is 2.26. The van der Waals surface area contributed by atoms with Gasteiger partial charge in [0.1, 0.15) is 11.1 Å². The first-order valence-electron chi connectivity index (χ1n) is 10.9. The molecule has 0 spiro atoms. The Morgan fingerprint density at radius 2 is 1.91 bits per heavy atom. The first kappa shape index (κ1) is 22.9. The molecule has 1 aliphatic heterocycles. The normalized spacial score (nSPS) is 14.2. The molecule has 1 amide bonds. The fourth-order valence-electron chi connectivity index (χ4n) is 3.79. The van der Waals surface area contributed by atoms with Crippen LogP contribution in [-0.4, -0.2) is 58.5 Å². The van der Waals surface area contributed by atoms with Crippen LogP contribution in [0.2, 0.25) is 5.02 Å². The third-order valence-corrected chi connectivity index (χ3v) is 5.93. The van der Waals surface area contributed by atoms with Gasteiger partial charge in [-0.25, -0.2) is 15.0 Å². The van der Waals surface area contributed by atoms with E-state index < -0.39 is 0 Å². The standard InChI is InChI=1S/C24H27ClN6O2/c1-30(22(32)13-26)16-17-4-2-5-18(12-17)19-14-28-24(29-15-19)31-10-7-20(8-11-31)33-23-21(25)6-3-9-27-23/h2-6,9,12,14-15,20H,7-8,10-11,13,16,26H2,1H3. The number of hydrogen-bond acceptors (Lipinski definition) is 7. The van der Waals surface area contributed by atoms with Crippen molar-refractivity contribution < 1.29 is 9.53 Å². The van der Waals surface area contributed by atoms with Crippen molar-refractivity contribution in [2.24, 2.45) is 5.73 Å². The number of nitrogens with zero attached hydrogens (tertiary/aromatic N) is 5. The number of halogens is 1. The molecule has 2 aromatic heterocycles. The van der Waals surface area contributed by atoms with Crippen LogP contribution >= 0.6 is 11.6 Å². The molecule has 0 aliphatic carbocycles. The van der Waals surface area contributed by atoms with Crippen LogP contribution in [-0.2, 0) is 11.3 Å². The molecule has 172 valence electrons. The summed E-state index contributed by atoms with van der Waals surface area (Å²) in [7, 11) is 1.75. The zero-order valence-electron chi connectivity index (χ0n) is 18.5. The molecule has 0 atom stereocenters. The predicted molar refractivity (Wildman–Crippen MR) is 128 cm³/mol. The van der Waals surface area contributed by atoms with Crippen molar-refractivity contribution in [3.8, 4) is 17.0 Å². The predicted octanol–water partition coefficient (Wildman–Crippen LogP) is 3.16. The molecule has 1 fully saturated rings. The average molecular weight is 467 g/mol. The summed E-state index contributed by atoms with van der Waals surface area (Å²) in [6, 6.07) is 11.6. The van der Waals surface area contributed by atoms with E-state index in [9.17, 15) is 4.79 Å². The lowest BCUT2D eigenvalue weighted by Gasteiger charge is -2.32. The van der Waals surface area contributed by atoms with Crippen LogP contribution in [0.4, 0.5) is 5.95 Å². The number of carbonyl (C=O) groups is 1. The molecule has 8 nitrogen and oxygen atoms in total. The van der Waals surface area contributed by atoms with Crippen molar-refractivity contribution in [3.05, 3.63) is 65.6 Å². The average Bonchev–Trinajstić information content (AvgIpc) is 2.85. The Kier molecular flexibility index (Phi) is 7.36. The molecular weight excluding hydrogens is 440 g/mol. The van der Waals surface area contributed by atoms with Gasteiger partial charge >= 0.3 is 0 Å². The number of piperidine rings is 1. The second kappa shape index (κ2) is 10.6. The Morgan fingerprint density at radius 1 is 1.15 bits per heavy atom. The van der Waals surface area contributed by atoms with Crippen LogP contribution in [0.15, 0.2) is 55.0 Å². The monoisotopic (exact) mass is 466 g/mol. The fraction of sp³-hybridized carbons (Fsp3) is 0.333. The number of aromatic nitrogens is 3. The van der Waals surface area contributed by atoms with Crippen molar-refractivity contribution in [2.75, 3.05) is 31.6 Å². The van der Waals surface area contributed by atoms with E-state index in [-0.39, 0.29) is 18.6 Å². The van der Waals surface area contributed by atoms with Crippen molar-refractivity contribution in [3.63, 3.8) is 0 Å².